The van der Waals surface area contributed by atoms with Crippen molar-refractivity contribution in [1.82, 2.24) is 29.9 Å². The van der Waals surface area contributed by atoms with Crippen molar-refractivity contribution in [1.29, 1.82) is 0 Å². The van der Waals surface area contributed by atoms with Gasteiger partial charge >= 0.3 is 6.03 Å². The Kier molecular flexibility index (Phi) is 4.74. The quantitative estimate of drug-likeness (QED) is 0.677. The zero-order valence-corrected chi connectivity index (χ0v) is 13.9. The largest absolute Gasteiger partial charge is 0.338 e. The SMILES string of the molecule is CCc1nccn1CCCNC(=O)Nc1ccc2c(c1)nnn2C. The van der Waals surface area contributed by atoms with Crippen LogP contribution in [0.15, 0.2) is 30.6 Å². The van der Waals surface area contributed by atoms with Crippen molar-refractivity contribution >= 4 is 22.8 Å². The summed E-state index contributed by atoms with van der Waals surface area (Å²) < 4.78 is 3.81. The van der Waals surface area contributed by atoms with E-state index in [1.54, 1.807) is 10.7 Å². The van der Waals surface area contributed by atoms with E-state index in [4.69, 9.17) is 0 Å². The normalized spacial score (nSPS) is 10.9. The molecule has 2 heterocycles. The lowest BCUT2D eigenvalue weighted by Gasteiger charge is -2.09. The number of fused-ring (bicyclic) bond motifs is 1. The minimum Gasteiger partial charge on any atom is -0.338 e. The fourth-order valence-electron chi connectivity index (χ4n) is 2.60. The maximum atomic E-state index is 12.0. The van der Waals surface area contributed by atoms with Gasteiger partial charge in [-0.05, 0) is 24.6 Å². The van der Waals surface area contributed by atoms with Crippen molar-refractivity contribution in [2.45, 2.75) is 26.3 Å². The number of hydrogen-bond acceptors (Lipinski definition) is 4. The second-order valence-electron chi connectivity index (χ2n) is 5.54. The minimum absolute atomic E-state index is 0.223. The highest BCUT2D eigenvalue weighted by molar-refractivity contribution is 5.91. The standard InChI is InChI=1S/C16H21N7O/c1-3-15-17-8-10-23(15)9-4-7-18-16(24)19-12-5-6-14-13(11-12)20-21-22(14)2/h5-6,8,10-11H,3-4,7,9H2,1-2H3,(H2,18,19,24). The number of amides is 2. The average Bonchev–Trinajstić information content (AvgIpc) is 3.18. The van der Waals surface area contributed by atoms with Gasteiger partial charge in [0.2, 0.25) is 0 Å². The van der Waals surface area contributed by atoms with E-state index in [0.29, 0.717) is 12.2 Å². The first-order chi connectivity index (χ1) is 11.7. The van der Waals surface area contributed by atoms with Gasteiger partial charge in [-0.15, -0.1) is 5.10 Å². The van der Waals surface area contributed by atoms with Gasteiger partial charge in [-0.1, -0.05) is 12.1 Å². The number of hydrogen-bond donors (Lipinski definition) is 2. The van der Waals surface area contributed by atoms with Gasteiger partial charge in [0.1, 0.15) is 11.3 Å². The molecule has 0 bridgehead atoms. The van der Waals surface area contributed by atoms with Crippen LogP contribution in [0.4, 0.5) is 10.5 Å². The van der Waals surface area contributed by atoms with E-state index in [1.807, 2.05) is 31.6 Å². The molecule has 3 rings (SSSR count). The molecule has 0 unspecified atom stereocenters. The summed E-state index contributed by atoms with van der Waals surface area (Å²) in [6.07, 6.45) is 5.53. The lowest BCUT2D eigenvalue weighted by molar-refractivity contribution is 0.252. The van der Waals surface area contributed by atoms with Gasteiger partial charge in [0.15, 0.2) is 0 Å². The maximum absolute atomic E-state index is 12.0. The maximum Gasteiger partial charge on any atom is 0.319 e. The Morgan fingerprint density at radius 2 is 2.21 bits per heavy atom. The number of rotatable bonds is 6. The van der Waals surface area contributed by atoms with Crippen LogP contribution in [0.1, 0.15) is 19.2 Å². The smallest absolute Gasteiger partial charge is 0.319 e. The van der Waals surface area contributed by atoms with Crippen molar-refractivity contribution < 1.29 is 4.79 Å². The summed E-state index contributed by atoms with van der Waals surface area (Å²) in [5.41, 5.74) is 2.37. The minimum atomic E-state index is -0.223. The first-order valence-corrected chi connectivity index (χ1v) is 8.01. The molecule has 3 aromatic rings. The van der Waals surface area contributed by atoms with E-state index in [9.17, 15) is 4.79 Å². The number of anilines is 1. The van der Waals surface area contributed by atoms with Gasteiger partial charge in [0, 0.05) is 44.6 Å². The van der Waals surface area contributed by atoms with Crippen LogP contribution in [-0.2, 0) is 20.0 Å². The van der Waals surface area contributed by atoms with E-state index < -0.39 is 0 Å². The van der Waals surface area contributed by atoms with Gasteiger partial charge in [-0.3, -0.25) is 0 Å². The fourth-order valence-corrected chi connectivity index (χ4v) is 2.60. The van der Waals surface area contributed by atoms with E-state index >= 15 is 0 Å². The topological polar surface area (TPSA) is 89.7 Å². The molecular weight excluding hydrogens is 306 g/mol. The third kappa shape index (κ3) is 3.53. The first kappa shape index (κ1) is 16.0. The van der Waals surface area contributed by atoms with Crippen LogP contribution in [0.25, 0.3) is 11.0 Å². The van der Waals surface area contributed by atoms with Crippen LogP contribution in [0, 0.1) is 0 Å². The van der Waals surface area contributed by atoms with Crippen LogP contribution in [0.3, 0.4) is 0 Å². The number of carbonyl (C=O) groups excluding carboxylic acids is 1. The van der Waals surface area contributed by atoms with Gasteiger partial charge in [0.25, 0.3) is 0 Å². The number of aryl methyl sites for hydroxylation is 3. The predicted octanol–water partition coefficient (Wildman–Crippen LogP) is 1.94. The van der Waals surface area contributed by atoms with Crippen molar-refractivity contribution in [3.8, 4) is 0 Å². The number of imidazole rings is 1. The molecule has 2 aromatic heterocycles. The molecule has 0 aliphatic heterocycles. The monoisotopic (exact) mass is 327 g/mol. The molecule has 0 radical (unpaired) electrons. The summed E-state index contributed by atoms with van der Waals surface area (Å²) in [6, 6.07) is 5.31. The zero-order valence-electron chi connectivity index (χ0n) is 13.9. The lowest BCUT2D eigenvalue weighted by Crippen LogP contribution is -2.30. The second kappa shape index (κ2) is 7.12. The van der Waals surface area contributed by atoms with Crippen molar-refractivity contribution in [3.63, 3.8) is 0 Å². The van der Waals surface area contributed by atoms with E-state index in [0.717, 1.165) is 36.2 Å². The van der Waals surface area contributed by atoms with Gasteiger partial charge in [-0.25, -0.2) is 14.5 Å². The summed E-state index contributed by atoms with van der Waals surface area (Å²) in [4.78, 5) is 16.2. The molecule has 8 nitrogen and oxygen atoms in total. The van der Waals surface area contributed by atoms with E-state index in [-0.39, 0.29) is 6.03 Å². The highest BCUT2D eigenvalue weighted by Crippen LogP contribution is 2.16. The molecule has 1 aromatic carbocycles. The molecule has 8 heteroatoms. The van der Waals surface area contributed by atoms with Gasteiger partial charge in [0.05, 0.1) is 5.52 Å². The molecule has 0 aliphatic carbocycles. The number of nitrogens with zero attached hydrogens (tertiary/aromatic N) is 5. The van der Waals surface area contributed by atoms with Gasteiger partial charge < -0.3 is 15.2 Å². The highest BCUT2D eigenvalue weighted by Gasteiger charge is 2.06. The number of nitrogens with one attached hydrogen (secondary N) is 2. The molecule has 2 amide bonds. The first-order valence-electron chi connectivity index (χ1n) is 8.01. The number of aromatic nitrogens is 5. The lowest BCUT2D eigenvalue weighted by atomic mass is 10.3. The highest BCUT2D eigenvalue weighted by atomic mass is 16.2. The molecule has 0 saturated heterocycles. The summed E-state index contributed by atoms with van der Waals surface area (Å²) in [5.74, 6) is 1.07. The molecule has 0 spiro atoms. The molecule has 0 aliphatic rings. The van der Waals surface area contributed by atoms with Crippen LogP contribution < -0.4 is 10.6 Å². The third-order valence-electron chi connectivity index (χ3n) is 3.85. The summed E-state index contributed by atoms with van der Waals surface area (Å²) in [5, 5.41) is 13.7. The number of benzene rings is 1. The number of carbonyl (C=O) groups is 1. The van der Waals surface area contributed by atoms with E-state index in [2.05, 4.69) is 37.4 Å². The van der Waals surface area contributed by atoms with Crippen LogP contribution in [0.2, 0.25) is 0 Å². The Morgan fingerprint density at radius 1 is 1.33 bits per heavy atom. The molecular formula is C16H21N7O. The third-order valence-corrected chi connectivity index (χ3v) is 3.85. The number of urea groups is 1. The van der Waals surface area contributed by atoms with Crippen LogP contribution in [0.5, 0.6) is 0 Å². The molecule has 126 valence electrons. The van der Waals surface area contributed by atoms with Crippen LogP contribution in [-0.4, -0.2) is 37.1 Å². The average molecular weight is 327 g/mol. The van der Waals surface area contributed by atoms with Gasteiger partial charge in [-0.2, -0.15) is 0 Å². The summed E-state index contributed by atoms with van der Waals surface area (Å²) >= 11 is 0. The molecule has 0 saturated carbocycles. The summed E-state index contributed by atoms with van der Waals surface area (Å²) in [6.45, 7) is 3.52. The Bertz CT molecular complexity index is 836. The Labute approximate surface area is 139 Å². The second-order valence-corrected chi connectivity index (χ2v) is 5.54. The van der Waals surface area contributed by atoms with Crippen LogP contribution >= 0.6 is 0 Å². The van der Waals surface area contributed by atoms with Crippen molar-refractivity contribution in [2.75, 3.05) is 11.9 Å². The Morgan fingerprint density at radius 3 is 3.04 bits per heavy atom. The fraction of sp³-hybridized carbons (Fsp3) is 0.375. The Hall–Kier alpha value is -2.90. The molecule has 0 fully saturated rings. The predicted molar refractivity (Wildman–Crippen MR) is 91.8 cm³/mol. The molecule has 0 atom stereocenters. The van der Waals surface area contributed by atoms with Crippen molar-refractivity contribution in [2.24, 2.45) is 7.05 Å². The zero-order chi connectivity index (χ0) is 16.9. The van der Waals surface area contributed by atoms with E-state index in [1.165, 1.54) is 0 Å². The van der Waals surface area contributed by atoms with Crippen molar-refractivity contribution in [3.05, 3.63) is 36.4 Å². The summed E-state index contributed by atoms with van der Waals surface area (Å²) in [7, 11) is 1.83. The molecule has 24 heavy (non-hydrogen) atoms. The Balaban J connectivity index is 1.46. The molecule has 2 N–H and O–H groups in total.